The number of carbonyl (C=O) groups excluding carboxylic acids is 1. The number of hydrogen-bond acceptors (Lipinski definition) is 6. The molecule has 1 saturated heterocycles. The molecule has 0 amide bonds. The van der Waals surface area contributed by atoms with Crippen LogP contribution in [0.5, 0.6) is 0 Å². The van der Waals surface area contributed by atoms with Crippen LogP contribution >= 0.6 is 23.1 Å². The zero-order chi connectivity index (χ0) is 23.6. The van der Waals surface area contributed by atoms with Crippen molar-refractivity contribution >= 4 is 39.8 Å². The molecule has 6 nitrogen and oxygen atoms in total. The van der Waals surface area contributed by atoms with Crippen molar-refractivity contribution in [3.63, 3.8) is 0 Å². The van der Waals surface area contributed by atoms with E-state index in [-0.39, 0.29) is 11.9 Å². The number of carbonyl (C=O) groups is 1. The van der Waals surface area contributed by atoms with E-state index < -0.39 is 5.25 Å². The Morgan fingerprint density at radius 3 is 2.77 bits per heavy atom. The number of hydrogen-bond donors (Lipinski definition) is 1. The fourth-order valence-electron chi connectivity index (χ4n) is 4.54. The van der Waals surface area contributed by atoms with Crippen LogP contribution < -0.4 is 0 Å². The minimum atomic E-state index is -0.459. The minimum absolute atomic E-state index is 0.0444. The molecule has 2 atom stereocenters. The van der Waals surface area contributed by atoms with Crippen molar-refractivity contribution in [2.24, 2.45) is 0 Å². The highest BCUT2D eigenvalue weighted by molar-refractivity contribution is 8.00. The highest BCUT2D eigenvalue weighted by Crippen LogP contribution is 2.40. The Morgan fingerprint density at radius 1 is 1.11 bits per heavy atom. The predicted octanol–water partition coefficient (Wildman–Crippen LogP) is 6.38. The molecule has 6 rings (SSSR count). The van der Waals surface area contributed by atoms with Crippen LogP contribution in [0.15, 0.2) is 83.5 Å². The van der Waals surface area contributed by atoms with Gasteiger partial charge in [0.2, 0.25) is 0 Å². The Hall–Kier alpha value is -3.20. The number of fused-ring (bicyclic) bond motifs is 1. The fourth-order valence-corrected chi connectivity index (χ4v) is 6.37. The number of benzene rings is 2. The van der Waals surface area contributed by atoms with Crippen molar-refractivity contribution in [1.82, 2.24) is 19.7 Å². The molecule has 1 aliphatic heterocycles. The van der Waals surface area contributed by atoms with Gasteiger partial charge in [-0.25, -0.2) is 0 Å². The molecule has 0 spiro atoms. The minimum Gasteiger partial charge on any atom is -0.376 e. The summed E-state index contributed by atoms with van der Waals surface area (Å²) in [5, 5.41) is 12.4. The van der Waals surface area contributed by atoms with Crippen molar-refractivity contribution in [2.75, 3.05) is 6.61 Å². The largest absolute Gasteiger partial charge is 0.376 e. The Balaban J connectivity index is 1.40. The summed E-state index contributed by atoms with van der Waals surface area (Å²) >= 11 is 3.10. The van der Waals surface area contributed by atoms with E-state index in [0.29, 0.717) is 12.1 Å². The van der Waals surface area contributed by atoms with E-state index in [0.717, 1.165) is 51.8 Å². The highest BCUT2D eigenvalue weighted by atomic mass is 32.2. The number of thiophene rings is 1. The standard InChI is InChI=1S/C27H24N4O2S2/c32-24(21-16-28-22-12-5-4-11-20(21)22)25(18-8-2-1-3-9-18)35-27-30-29-26(23-13-7-15-34-23)31(27)17-19-10-6-14-33-19/h1-5,7-9,11-13,15-16,19,25,28H,6,10,14,17H2/t19-,25+/m0/s1. The van der Waals surface area contributed by atoms with Gasteiger partial charge in [0.25, 0.3) is 0 Å². The number of nitrogens with zero attached hydrogens (tertiary/aromatic N) is 3. The van der Waals surface area contributed by atoms with Crippen molar-refractivity contribution in [2.45, 2.75) is 35.9 Å². The lowest BCUT2D eigenvalue weighted by molar-refractivity contribution is 0.0953. The van der Waals surface area contributed by atoms with Gasteiger partial charge in [0.05, 0.1) is 17.5 Å². The Bertz CT molecular complexity index is 1440. The van der Waals surface area contributed by atoms with Crippen LogP contribution in [0.1, 0.15) is 34.0 Å². The number of para-hydroxylation sites is 1. The zero-order valence-electron chi connectivity index (χ0n) is 19.0. The summed E-state index contributed by atoms with van der Waals surface area (Å²) in [5.41, 5.74) is 2.58. The monoisotopic (exact) mass is 500 g/mol. The molecule has 1 fully saturated rings. The number of Topliss-reactive ketones (excluding diaryl/α,β-unsaturated/α-hetero) is 1. The summed E-state index contributed by atoms with van der Waals surface area (Å²) < 4.78 is 8.07. The lowest BCUT2D eigenvalue weighted by Crippen LogP contribution is -2.17. The maximum atomic E-state index is 14.0. The molecular weight excluding hydrogens is 476 g/mol. The van der Waals surface area contributed by atoms with Gasteiger partial charge in [-0.1, -0.05) is 66.4 Å². The average Bonchev–Trinajstić information content (AvgIpc) is 3.71. The number of rotatable bonds is 8. The number of aromatic nitrogens is 4. The van der Waals surface area contributed by atoms with E-state index in [4.69, 9.17) is 4.74 Å². The molecule has 2 aromatic carbocycles. The highest BCUT2D eigenvalue weighted by Gasteiger charge is 2.29. The predicted molar refractivity (Wildman–Crippen MR) is 140 cm³/mol. The molecule has 4 heterocycles. The summed E-state index contributed by atoms with van der Waals surface area (Å²) in [6.45, 7) is 1.46. The number of nitrogens with one attached hydrogen (secondary N) is 1. The maximum absolute atomic E-state index is 14.0. The second kappa shape index (κ2) is 9.81. The van der Waals surface area contributed by atoms with Gasteiger partial charge in [-0.05, 0) is 35.9 Å². The lowest BCUT2D eigenvalue weighted by Gasteiger charge is -2.18. The number of thioether (sulfide) groups is 1. The van der Waals surface area contributed by atoms with Gasteiger partial charge in [-0.3, -0.25) is 9.36 Å². The third kappa shape index (κ3) is 4.45. The van der Waals surface area contributed by atoms with E-state index in [1.807, 2.05) is 72.2 Å². The Labute approximate surface area is 211 Å². The summed E-state index contributed by atoms with van der Waals surface area (Å²) in [6.07, 6.45) is 4.03. The summed E-state index contributed by atoms with van der Waals surface area (Å²) in [4.78, 5) is 18.3. The third-order valence-electron chi connectivity index (χ3n) is 6.29. The second-order valence-electron chi connectivity index (χ2n) is 8.55. The van der Waals surface area contributed by atoms with Crippen molar-refractivity contribution in [3.05, 3.63) is 89.4 Å². The van der Waals surface area contributed by atoms with E-state index in [1.165, 1.54) is 11.8 Å². The molecule has 1 N–H and O–H groups in total. The average molecular weight is 501 g/mol. The summed E-state index contributed by atoms with van der Waals surface area (Å²) in [5.74, 6) is 0.868. The van der Waals surface area contributed by atoms with Crippen LogP contribution in [0, 0.1) is 0 Å². The molecule has 176 valence electrons. The van der Waals surface area contributed by atoms with E-state index in [2.05, 4.69) is 25.8 Å². The Morgan fingerprint density at radius 2 is 1.97 bits per heavy atom. The van der Waals surface area contributed by atoms with Gasteiger partial charge in [-0.2, -0.15) is 0 Å². The molecule has 0 bridgehead atoms. The first-order chi connectivity index (χ1) is 17.3. The molecule has 35 heavy (non-hydrogen) atoms. The molecule has 0 aliphatic carbocycles. The van der Waals surface area contributed by atoms with Crippen LogP contribution in [0.3, 0.4) is 0 Å². The van der Waals surface area contributed by atoms with E-state index in [9.17, 15) is 4.79 Å². The van der Waals surface area contributed by atoms with Crippen molar-refractivity contribution in [3.8, 4) is 10.7 Å². The molecule has 5 aromatic rings. The van der Waals surface area contributed by atoms with E-state index >= 15 is 0 Å². The second-order valence-corrected chi connectivity index (χ2v) is 10.6. The van der Waals surface area contributed by atoms with Crippen molar-refractivity contribution < 1.29 is 9.53 Å². The van der Waals surface area contributed by atoms with Crippen LogP contribution in [-0.4, -0.2) is 38.2 Å². The molecule has 3 aromatic heterocycles. The molecular formula is C27H24N4O2S2. The maximum Gasteiger partial charge on any atom is 0.192 e. The van der Waals surface area contributed by atoms with Gasteiger partial charge in [0.15, 0.2) is 16.8 Å². The van der Waals surface area contributed by atoms with Gasteiger partial charge in [-0.15, -0.1) is 21.5 Å². The van der Waals surface area contributed by atoms with Crippen LogP contribution in [0.2, 0.25) is 0 Å². The third-order valence-corrected chi connectivity index (χ3v) is 8.39. The van der Waals surface area contributed by atoms with Gasteiger partial charge < -0.3 is 9.72 Å². The van der Waals surface area contributed by atoms with E-state index in [1.54, 1.807) is 11.3 Å². The number of ketones is 1. The molecule has 0 saturated carbocycles. The van der Waals surface area contributed by atoms with Gasteiger partial charge >= 0.3 is 0 Å². The number of ether oxygens (including phenoxy) is 1. The number of aromatic amines is 1. The summed E-state index contributed by atoms with van der Waals surface area (Å²) in [6, 6.07) is 21.9. The first kappa shape index (κ1) is 22.3. The van der Waals surface area contributed by atoms with Gasteiger partial charge in [0.1, 0.15) is 5.25 Å². The van der Waals surface area contributed by atoms with Gasteiger partial charge in [0, 0.05) is 29.3 Å². The first-order valence-electron chi connectivity index (χ1n) is 11.7. The molecule has 1 aliphatic rings. The van der Waals surface area contributed by atoms with Crippen molar-refractivity contribution in [1.29, 1.82) is 0 Å². The topological polar surface area (TPSA) is 72.8 Å². The quantitative estimate of drug-likeness (QED) is 0.198. The normalized spacial score (nSPS) is 16.6. The summed E-state index contributed by atoms with van der Waals surface area (Å²) in [7, 11) is 0. The van der Waals surface area contributed by atoms with Crippen LogP contribution in [0.4, 0.5) is 0 Å². The molecule has 0 unspecified atom stereocenters. The first-order valence-corrected chi connectivity index (χ1v) is 13.4. The lowest BCUT2D eigenvalue weighted by atomic mass is 10.0. The molecule has 0 radical (unpaired) electrons. The van der Waals surface area contributed by atoms with Crippen LogP contribution in [0.25, 0.3) is 21.6 Å². The Kier molecular flexibility index (Phi) is 6.24. The van der Waals surface area contributed by atoms with Crippen LogP contribution in [-0.2, 0) is 11.3 Å². The molecule has 8 heteroatoms. The fraction of sp³-hybridized carbons (Fsp3) is 0.222. The SMILES string of the molecule is O=C(c1c[nH]c2ccccc12)[C@H](Sc1nnc(-c2cccs2)n1C[C@@H]1CCCO1)c1ccccc1. The smallest absolute Gasteiger partial charge is 0.192 e. The number of H-pyrrole nitrogens is 1. The zero-order valence-corrected chi connectivity index (χ0v) is 20.6.